The Kier molecular flexibility index (Phi) is 2.74. The molecule has 19 heavy (non-hydrogen) atoms. The number of halogens is 1. The Bertz CT molecular complexity index is 753. The number of hydrogen-bond acceptors (Lipinski definition) is 5. The van der Waals surface area contributed by atoms with Crippen molar-refractivity contribution in [2.24, 2.45) is 0 Å². The number of aromatic nitrogens is 4. The van der Waals surface area contributed by atoms with E-state index in [1.54, 1.807) is 18.2 Å². The number of hydrogen-bond donors (Lipinski definition) is 1. The van der Waals surface area contributed by atoms with E-state index in [4.69, 9.17) is 21.4 Å². The third kappa shape index (κ3) is 2.07. The first-order valence-corrected chi connectivity index (χ1v) is 5.69. The van der Waals surface area contributed by atoms with Crippen LogP contribution in [0.1, 0.15) is 5.69 Å². The van der Waals surface area contributed by atoms with Crippen molar-refractivity contribution in [3.05, 3.63) is 41.0 Å². The summed E-state index contributed by atoms with van der Waals surface area (Å²) < 4.78 is 5.23. The quantitative estimate of drug-likeness (QED) is 0.773. The highest BCUT2D eigenvalue weighted by atomic mass is 35.5. The summed E-state index contributed by atoms with van der Waals surface area (Å²) in [5.74, 6) is 0.568. The van der Waals surface area contributed by atoms with Gasteiger partial charge in [-0.05, 0) is 24.3 Å². The molecular weight excluding hydrogens is 266 g/mol. The second kappa shape index (κ2) is 4.55. The molecule has 7 heteroatoms. The first kappa shape index (κ1) is 11.4. The maximum Gasteiger partial charge on any atom is 0.192 e. The van der Waals surface area contributed by atoms with Crippen molar-refractivity contribution in [3.63, 3.8) is 0 Å². The SMILES string of the molecule is N#Cc1n[nH]nc1-c1cc(-c2ccc(Cl)cc2)on1. The van der Waals surface area contributed by atoms with E-state index in [2.05, 4.69) is 20.6 Å². The van der Waals surface area contributed by atoms with Gasteiger partial charge in [-0.2, -0.15) is 15.6 Å². The Morgan fingerprint density at radius 1 is 1.21 bits per heavy atom. The summed E-state index contributed by atoms with van der Waals surface area (Å²) in [5, 5.41) is 23.4. The van der Waals surface area contributed by atoms with Gasteiger partial charge in [0.15, 0.2) is 17.1 Å². The normalized spacial score (nSPS) is 10.3. The highest BCUT2D eigenvalue weighted by Gasteiger charge is 2.15. The van der Waals surface area contributed by atoms with Gasteiger partial charge < -0.3 is 4.52 Å². The van der Waals surface area contributed by atoms with Crippen molar-refractivity contribution in [3.8, 4) is 28.8 Å². The summed E-state index contributed by atoms with van der Waals surface area (Å²) in [7, 11) is 0. The fourth-order valence-corrected chi connectivity index (χ4v) is 1.75. The Labute approximate surface area is 112 Å². The van der Waals surface area contributed by atoms with E-state index in [0.29, 0.717) is 22.2 Å². The highest BCUT2D eigenvalue weighted by Crippen LogP contribution is 2.26. The monoisotopic (exact) mass is 271 g/mol. The third-order valence-electron chi connectivity index (χ3n) is 2.54. The van der Waals surface area contributed by atoms with Crippen LogP contribution in [0, 0.1) is 11.3 Å². The molecule has 0 aliphatic rings. The van der Waals surface area contributed by atoms with E-state index in [1.165, 1.54) is 0 Å². The fourth-order valence-electron chi connectivity index (χ4n) is 1.62. The molecule has 0 bridgehead atoms. The lowest BCUT2D eigenvalue weighted by atomic mass is 10.1. The predicted molar refractivity (Wildman–Crippen MR) is 67.0 cm³/mol. The van der Waals surface area contributed by atoms with Crippen LogP contribution >= 0.6 is 11.6 Å². The van der Waals surface area contributed by atoms with E-state index in [1.807, 2.05) is 18.2 Å². The number of aromatic amines is 1. The van der Waals surface area contributed by atoms with Crippen LogP contribution < -0.4 is 0 Å². The molecule has 1 aromatic carbocycles. The van der Waals surface area contributed by atoms with E-state index < -0.39 is 0 Å². The van der Waals surface area contributed by atoms with E-state index >= 15 is 0 Å². The molecule has 1 N–H and O–H groups in total. The molecule has 0 fully saturated rings. The summed E-state index contributed by atoms with van der Waals surface area (Å²) in [6.45, 7) is 0. The van der Waals surface area contributed by atoms with Gasteiger partial charge in [0, 0.05) is 16.7 Å². The maximum atomic E-state index is 8.88. The third-order valence-corrected chi connectivity index (χ3v) is 2.79. The van der Waals surface area contributed by atoms with E-state index in [-0.39, 0.29) is 5.69 Å². The minimum absolute atomic E-state index is 0.177. The second-order valence-corrected chi connectivity index (χ2v) is 4.15. The van der Waals surface area contributed by atoms with Crippen LogP contribution in [-0.2, 0) is 0 Å². The lowest BCUT2D eigenvalue weighted by molar-refractivity contribution is 0.434. The summed E-state index contributed by atoms with van der Waals surface area (Å²) in [5.41, 5.74) is 1.84. The average molecular weight is 272 g/mol. The molecule has 0 aliphatic carbocycles. The number of benzene rings is 1. The van der Waals surface area contributed by atoms with Gasteiger partial charge in [0.2, 0.25) is 0 Å². The van der Waals surface area contributed by atoms with E-state index in [9.17, 15) is 0 Å². The lowest BCUT2D eigenvalue weighted by Crippen LogP contribution is -1.81. The molecule has 0 unspecified atom stereocenters. The molecule has 0 saturated heterocycles. The summed E-state index contributed by atoms with van der Waals surface area (Å²) in [4.78, 5) is 0. The van der Waals surface area contributed by atoms with E-state index in [0.717, 1.165) is 5.56 Å². The molecule has 6 nitrogen and oxygen atoms in total. The number of H-pyrrole nitrogens is 1. The molecule has 0 saturated carbocycles. The molecule has 0 atom stereocenters. The van der Waals surface area contributed by atoms with Gasteiger partial charge in [0.1, 0.15) is 11.8 Å². The summed E-state index contributed by atoms with van der Waals surface area (Å²) in [6, 6.07) is 10.8. The molecule has 92 valence electrons. The van der Waals surface area contributed by atoms with Gasteiger partial charge in [-0.1, -0.05) is 16.8 Å². The molecule has 2 heterocycles. The molecule has 0 amide bonds. The van der Waals surface area contributed by atoms with Gasteiger partial charge in [-0.3, -0.25) is 0 Å². The standard InChI is InChI=1S/C12H6ClN5O/c13-8-3-1-7(2-4-8)11-5-9(17-19-11)12-10(6-14)15-18-16-12/h1-5H,(H,15,16,18). The van der Waals surface area contributed by atoms with Crippen LogP contribution in [0.5, 0.6) is 0 Å². The number of nitriles is 1. The fraction of sp³-hybridized carbons (Fsp3) is 0. The first-order chi connectivity index (χ1) is 9.28. The van der Waals surface area contributed by atoms with Crippen molar-refractivity contribution in [1.29, 1.82) is 5.26 Å². The topological polar surface area (TPSA) is 91.4 Å². The molecule has 0 aliphatic heterocycles. The van der Waals surface area contributed by atoms with Crippen molar-refractivity contribution >= 4 is 11.6 Å². The average Bonchev–Trinajstić information content (AvgIpc) is 3.07. The Hall–Kier alpha value is -2.65. The molecule has 0 spiro atoms. The van der Waals surface area contributed by atoms with Crippen LogP contribution in [0.15, 0.2) is 34.9 Å². The van der Waals surface area contributed by atoms with Crippen molar-refractivity contribution < 1.29 is 4.52 Å². The van der Waals surface area contributed by atoms with Crippen molar-refractivity contribution in [1.82, 2.24) is 20.6 Å². The van der Waals surface area contributed by atoms with Gasteiger partial charge in [-0.25, -0.2) is 0 Å². The van der Waals surface area contributed by atoms with Gasteiger partial charge >= 0.3 is 0 Å². The van der Waals surface area contributed by atoms with Crippen molar-refractivity contribution in [2.45, 2.75) is 0 Å². The van der Waals surface area contributed by atoms with Crippen LogP contribution in [0.3, 0.4) is 0 Å². The number of rotatable bonds is 2. The molecule has 0 radical (unpaired) electrons. The Balaban J connectivity index is 2.00. The zero-order chi connectivity index (χ0) is 13.2. The molecular formula is C12H6ClN5O. The molecule has 3 aromatic rings. The molecule has 3 rings (SSSR count). The number of nitrogens with one attached hydrogen (secondary N) is 1. The zero-order valence-corrected chi connectivity index (χ0v) is 10.2. The number of nitrogens with zero attached hydrogens (tertiary/aromatic N) is 4. The predicted octanol–water partition coefficient (Wildman–Crippen LogP) is 2.65. The summed E-state index contributed by atoms with van der Waals surface area (Å²) >= 11 is 5.82. The van der Waals surface area contributed by atoms with Gasteiger partial charge in [0.25, 0.3) is 0 Å². The smallest absolute Gasteiger partial charge is 0.192 e. The zero-order valence-electron chi connectivity index (χ0n) is 9.46. The highest BCUT2D eigenvalue weighted by molar-refractivity contribution is 6.30. The Morgan fingerprint density at radius 2 is 2.00 bits per heavy atom. The molecule has 2 aromatic heterocycles. The largest absolute Gasteiger partial charge is 0.356 e. The second-order valence-electron chi connectivity index (χ2n) is 3.72. The minimum atomic E-state index is 0.177. The lowest BCUT2D eigenvalue weighted by Gasteiger charge is -1.93. The van der Waals surface area contributed by atoms with Crippen LogP contribution in [0.25, 0.3) is 22.7 Å². The van der Waals surface area contributed by atoms with Gasteiger partial charge in [-0.15, -0.1) is 5.10 Å². The summed E-state index contributed by atoms with van der Waals surface area (Å²) in [6.07, 6.45) is 0. The van der Waals surface area contributed by atoms with Gasteiger partial charge in [0.05, 0.1) is 0 Å². The Morgan fingerprint density at radius 3 is 2.74 bits per heavy atom. The first-order valence-electron chi connectivity index (χ1n) is 5.32. The maximum absolute atomic E-state index is 8.88. The van der Waals surface area contributed by atoms with Crippen LogP contribution in [0.2, 0.25) is 5.02 Å². The minimum Gasteiger partial charge on any atom is -0.356 e. The van der Waals surface area contributed by atoms with Crippen LogP contribution in [-0.4, -0.2) is 20.6 Å². The van der Waals surface area contributed by atoms with Crippen LogP contribution in [0.4, 0.5) is 0 Å². The van der Waals surface area contributed by atoms with Crippen molar-refractivity contribution in [2.75, 3.05) is 0 Å².